The van der Waals surface area contributed by atoms with Crippen molar-refractivity contribution in [3.8, 4) is 16.9 Å². The number of anilines is 1. The topological polar surface area (TPSA) is 99.8 Å². The highest BCUT2D eigenvalue weighted by molar-refractivity contribution is 6.31. The predicted molar refractivity (Wildman–Crippen MR) is 127 cm³/mol. The third-order valence-electron chi connectivity index (χ3n) is 5.89. The van der Waals surface area contributed by atoms with Gasteiger partial charge in [0.05, 0.1) is 18.4 Å². The molecule has 8 nitrogen and oxygen atoms in total. The van der Waals surface area contributed by atoms with E-state index >= 15 is 0 Å². The molecular weight excluding hydrogens is 444 g/mol. The first-order valence-electron chi connectivity index (χ1n) is 10.7. The van der Waals surface area contributed by atoms with Crippen molar-refractivity contribution in [2.75, 3.05) is 25.5 Å². The molecule has 33 heavy (non-hydrogen) atoms. The number of nitrogens with one attached hydrogen (secondary N) is 3. The molecular formula is C24H25ClN4O4. The van der Waals surface area contributed by atoms with Crippen LogP contribution in [0.4, 0.5) is 10.5 Å². The summed E-state index contributed by atoms with van der Waals surface area (Å²) in [5, 5.41) is 8.96. The highest BCUT2D eigenvalue weighted by Gasteiger charge is 2.40. The van der Waals surface area contributed by atoms with E-state index in [1.54, 1.807) is 48.4 Å². The van der Waals surface area contributed by atoms with Crippen LogP contribution in [0.2, 0.25) is 5.02 Å². The van der Waals surface area contributed by atoms with Gasteiger partial charge < -0.3 is 25.6 Å². The van der Waals surface area contributed by atoms with Gasteiger partial charge in [0.15, 0.2) is 0 Å². The van der Waals surface area contributed by atoms with E-state index in [1.807, 2.05) is 6.07 Å². The molecule has 0 saturated carbocycles. The van der Waals surface area contributed by atoms with Crippen LogP contribution in [-0.4, -0.2) is 55.0 Å². The zero-order valence-electron chi connectivity index (χ0n) is 18.2. The van der Waals surface area contributed by atoms with Crippen molar-refractivity contribution < 1.29 is 19.1 Å². The van der Waals surface area contributed by atoms with E-state index in [1.165, 1.54) is 0 Å². The number of hydrogen-bond acceptors (Lipinski definition) is 4. The molecule has 2 heterocycles. The van der Waals surface area contributed by atoms with Crippen molar-refractivity contribution in [2.45, 2.75) is 24.9 Å². The normalized spacial score (nSPS) is 19.5. The summed E-state index contributed by atoms with van der Waals surface area (Å²) < 4.78 is 5.45. The molecule has 9 heteroatoms. The van der Waals surface area contributed by atoms with Gasteiger partial charge in [-0.15, -0.1) is 6.58 Å². The van der Waals surface area contributed by atoms with Gasteiger partial charge in [-0.2, -0.15) is 0 Å². The third kappa shape index (κ3) is 4.66. The minimum absolute atomic E-state index is 0.220. The van der Waals surface area contributed by atoms with E-state index in [0.29, 0.717) is 48.0 Å². The standard InChI is InChI=1S/C24H25ClN4O4/c1-3-9-26-24(32)27-16-8-10-29-20(13-16)22(30)28-19-6-4-14(11-18(19)23(29)31)17-12-15(25)5-7-21(17)33-2/h3-7,11-12,16,20H,1,8-10,13H2,2H3,(H,28,30)(H2,26,27,32). The number of methoxy groups -OCH3 is 1. The number of carbonyl (C=O) groups excluding carboxylic acids is 3. The van der Waals surface area contributed by atoms with Gasteiger partial charge in [0.2, 0.25) is 5.91 Å². The quantitative estimate of drug-likeness (QED) is 0.585. The molecule has 3 N–H and O–H groups in total. The van der Waals surface area contributed by atoms with E-state index in [0.717, 1.165) is 11.1 Å². The minimum atomic E-state index is -0.674. The molecule has 2 aromatic carbocycles. The number of nitrogens with zero attached hydrogens (tertiary/aromatic N) is 1. The average molecular weight is 469 g/mol. The van der Waals surface area contributed by atoms with Crippen LogP contribution in [0.1, 0.15) is 23.2 Å². The van der Waals surface area contributed by atoms with Crippen molar-refractivity contribution in [2.24, 2.45) is 0 Å². The average Bonchev–Trinajstić information content (AvgIpc) is 2.91. The molecule has 0 spiro atoms. The van der Waals surface area contributed by atoms with Crippen molar-refractivity contribution in [3.05, 3.63) is 59.6 Å². The molecule has 172 valence electrons. The third-order valence-corrected chi connectivity index (χ3v) is 6.12. The largest absolute Gasteiger partial charge is 0.496 e. The van der Waals surface area contributed by atoms with Crippen molar-refractivity contribution in [1.82, 2.24) is 15.5 Å². The number of fused-ring (bicyclic) bond motifs is 2. The van der Waals surface area contributed by atoms with Gasteiger partial charge in [-0.3, -0.25) is 9.59 Å². The van der Waals surface area contributed by atoms with Gasteiger partial charge >= 0.3 is 6.03 Å². The van der Waals surface area contributed by atoms with Crippen LogP contribution in [-0.2, 0) is 4.79 Å². The van der Waals surface area contributed by atoms with Crippen molar-refractivity contribution in [1.29, 1.82) is 0 Å². The molecule has 4 rings (SSSR count). The minimum Gasteiger partial charge on any atom is -0.496 e. The van der Waals surface area contributed by atoms with Gasteiger partial charge in [0.25, 0.3) is 5.91 Å². The van der Waals surface area contributed by atoms with E-state index in [4.69, 9.17) is 16.3 Å². The van der Waals surface area contributed by atoms with E-state index in [9.17, 15) is 14.4 Å². The SMILES string of the molecule is C=CCNC(=O)NC1CCN2C(=O)c3cc(-c4cc(Cl)ccc4OC)ccc3NC(=O)C2C1. The first-order chi connectivity index (χ1) is 15.9. The number of urea groups is 1. The summed E-state index contributed by atoms with van der Waals surface area (Å²) >= 11 is 6.18. The molecule has 2 aliphatic rings. The van der Waals surface area contributed by atoms with E-state index < -0.39 is 6.04 Å². The van der Waals surface area contributed by atoms with Crippen LogP contribution in [0.3, 0.4) is 0 Å². The lowest BCUT2D eigenvalue weighted by molar-refractivity contribution is -0.121. The number of ether oxygens (including phenoxy) is 1. The summed E-state index contributed by atoms with van der Waals surface area (Å²) in [6.07, 6.45) is 2.47. The Morgan fingerprint density at radius 3 is 2.85 bits per heavy atom. The molecule has 0 bridgehead atoms. The molecule has 1 saturated heterocycles. The Morgan fingerprint density at radius 2 is 2.09 bits per heavy atom. The number of halogens is 1. The Bertz CT molecular complexity index is 1120. The molecule has 0 aromatic heterocycles. The van der Waals surface area contributed by atoms with Gasteiger partial charge in [0.1, 0.15) is 11.8 Å². The van der Waals surface area contributed by atoms with E-state index in [-0.39, 0.29) is 23.9 Å². The van der Waals surface area contributed by atoms with Gasteiger partial charge in [-0.25, -0.2) is 4.79 Å². The maximum absolute atomic E-state index is 13.5. The molecule has 4 amide bonds. The number of benzene rings is 2. The second-order valence-electron chi connectivity index (χ2n) is 7.97. The fourth-order valence-corrected chi connectivity index (χ4v) is 4.44. The Labute approximate surface area is 196 Å². The maximum atomic E-state index is 13.5. The number of amides is 4. The molecule has 2 atom stereocenters. The Kier molecular flexibility index (Phi) is 6.55. The lowest BCUT2D eigenvalue weighted by atomic mass is 9.96. The zero-order chi connectivity index (χ0) is 23.5. The van der Waals surface area contributed by atoms with Crippen LogP contribution in [0.5, 0.6) is 5.75 Å². The van der Waals surface area contributed by atoms with Crippen molar-refractivity contribution >= 4 is 35.1 Å². The Morgan fingerprint density at radius 1 is 1.27 bits per heavy atom. The lowest BCUT2D eigenvalue weighted by Crippen LogP contribution is -2.56. The summed E-state index contributed by atoms with van der Waals surface area (Å²) in [5.74, 6) is 0.128. The smallest absolute Gasteiger partial charge is 0.315 e. The molecule has 2 unspecified atom stereocenters. The molecule has 0 aliphatic carbocycles. The van der Waals surface area contributed by atoms with Crippen molar-refractivity contribution in [3.63, 3.8) is 0 Å². The summed E-state index contributed by atoms with van der Waals surface area (Å²) in [5.41, 5.74) is 2.36. The van der Waals surface area contributed by atoms with Crippen LogP contribution in [0.25, 0.3) is 11.1 Å². The van der Waals surface area contributed by atoms with Gasteiger partial charge in [-0.05, 0) is 48.7 Å². The highest BCUT2D eigenvalue weighted by atomic mass is 35.5. The highest BCUT2D eigenvalue weighted by Crippen LogP contribution is 2.36. The second kappa shape index (κ2) is 9.54. The number of rotatable bonds is 5. The number of carbonyl (C=O) groups is 3. The zero-order valence-corrected chi connectivity index (χ0v) is 18.9. The molecule has 2 aliphatic heterocycles. The fraction of sp³-hybridized carbons (Fsp3) is 0.292. The summed E-state index contributed by atoms with van der Waals surface area (Å²) in [7, 11) is 1.57. The second-order valence-corrected chi connectivity index (χ2v) is 8.41. The van der Waals surface area contributed by atoms with Crippen LogP contribution >= 0.6 is 11.6 Å². The number of piperidine rings is 1. The molecule has 1 fully saturated rings. The Hall–Kier alpha value is -3.52. The fourth-order valence-electron chi connectivity index (χ4n) is 4.26. The van der Waals surface area contributed by atoms with Crippen LogP contribution < -0.4 is 20.7 Å². The predicted octanol–water partition coefficient (Wildman–Crippen LogP) is 3.43. The first-order valence-corrected chi connectivity index (χ1v) is 11.0. The molecule has 2 aromatic rings. The summed E-state index contributed by atoms with van der Waals surface area (Å²) in [6.45, 7) is 4.27. The van der Waals surface area contributed by atoms with Crippen LogP contribution in [0, 0.1) is 0 Å². The van der Waals surface area contributed by atoms with Gasteiger partial charge in [0, 0.05) is 29.7 Å². The summed E-state index contributed by atoms with van der Waals surface area (Å²) in [6, 6.07) is 9.36. The lowest BCUT2D eigenvalue weighted by Gasteiger charge is -2.37. The maximum Gasteiger partial charge on any atom is 0.315 e. The van der Waals surface area contributed by atoms with E-state index in [2.05, 4.69) is 22.5 Å². The monoisotopic (exact) mass is 468 g/mol. The van der Waals surface area contributed by atoms with Crippen LogP contribution in [0.15, 0.2) is 49.1 Å². The number of hydrogen-bond donors (Lipinski definition) is 3. The first kappa shape index (κ1) is 22.7. The Balaban J connectivity index is 1.60. The summed E-state index contributed by atoms with van der Waals surface area (Å²) in [4.78, 5) is 40.0. The van der Waals surface area contributed by atoms with Gasteiger partial charge in [-0.1, -0.05) is 23.7 Å². The molecule has 0 radical (unpaired) electrons.